The van der Waals surface area contributed by atoms with Gasteiger partial charge in [-0.3, -0.25) is 0 Å². The maximum absolute atomic E-state index is 11.9. The molecule has 0 heterocycles. The smallest absolute Gasteiger partial charge is 0.314 e. The summed E-state index contributed by atoms with van der Waals surface area (Å²) in [5, 5.41) is 15.1. The molecule has 0 aliphatic carbocycles. The molecule has 0 saturated heterocycles. The summed E-state index contributed by atoms with van der Waals surface area (Å²) in [7, 11) is 0. The summed E-state index contributed by atoms with van der Waals surface area (Å²) in [5.41, 5.74) is 2.33. The summed E-state index contributed by atoms with van der Waals surface area (Å²) in [6.45, 7) is 11.2. The number of benzene rings is 1. The summed E-state index contributed by atoms with van der Waals surface area (Å²) >= 11 is 0. The van der Waals surface area contributed by atoms with Crippen molar-refractivity contribution in [1.82, 2.24) is 10.6 Å². The number of hydrogen-bond donors (Lipinski definition) is 3. The Morgan fingerprint density at radius 1 is 1.18 bits per heavy atom. The monoisotopic (exact) mass is 306 g/mol. The Balaban J connectivity index is 2.40. The molecule has 0 fully saturated rings. The van der Waals surface area contributed by atoms with Gasteiger partial charge in [-0.25, -0.2) is 4.79 Å². The fourth-order valence-electron chi connectivity index (χ4n) is 2.40. The third-order valence-electron chi connectivity index (χ3n) is 3.88. The summed E-state index contributed by atoms with van der Waals surface area (Å²) < 4.78 is 0. The van der Waals surface area contributed by atoms with E-state index in [-0.39, 0.29) is 23.5 Å². The summed E-state index contributed by atoms with van der Waals surface area (Å²) in [6, 6.07) is 8.25. The van der Waals surface area contributed by atoms with Crippen LogP contribution < -0.4 is 10.6 Å². The number of nitrogens with one attached hydrogen (secondary N) is 2. The highest BCUT2D eigenvalue weighted by Gasteiger charge is 2.21. The molecule has 3 N–H and O–H groups in total. The number of urea groups is 1. The van der Waals surface area contributed by atoms with Crippen LogP contribution in [0.25, 0.3) is 0 Å². The highest BCUT2D eigenvalue weighted by Crippen LogP contribution is 2.22. The van der Waals surface area contributed by atoms with Crippen LogP contribution in [0.4, 0.5) is 4.79 Å². The normalized spacial score (nSPS) is 14.3. The summed E-state index contributed by atoms with van der Waals surface area (Å²) in [4.78, 5) is 11.9. The standard InChI is InChI=1S/C18H30N2O2/c1-13-6-8-16(9-7-13)18(4,5)12-20-17(22)19-11-14(2)10-15(3)21/h6-9,14-15,21H,10-12H2,1-5H3,(H2,19,20,22). The molecule has 0 aliphatic rings. The van der Waals surface area contributed by atoms with Crippen molar-refractivity contribution in [3.05, 3.63) is 35.4 Å². The Bertz CT molecular complexity index is 466. The van der Waals surface area contributed by atoms with E-state index in [4.69, 9.17) is 0 Å². The van der Waals surface area contributed by atoms with E-state index in [2.05, 4.69) is 55.7 Å². The molecule has 1 aromatic carbocycles. The molecule has 0 saturated carbocycles. The maximum Gasteiger partial charge on any atom is 0.314 e. The molecule has 1 rings (SSSR count). The lowest BCUT2D eigenvalue weighted by Crippen LogP contribution is -2.43. The van der Waals surface area contributed by atoms with Gasteiger partial charge in [-0.1, -0.05) is 50.6 Å². The van der Waals surface area contributed by atoms with Crippen LogP contribution in [0.1, 0.15) is 45.2 Å². The molecule has 22 heavy (non-hydrogen) atoms. The van der Waals surface area contributed by atoms with Crippen LogP contribution in [0.15, 0.2) is 24.3 Å². The second-order valence-electron chi connectivity index (χ2n) is 7.00. The average molecular weight is 306 g/mol. The highest BCUT2D eigenvalue weighted by molar-refractivity contribution is 5.73. The molecular weight excluding hydrogens is 276 g/mol. The molecule has 4 heteroatoms. The topological polar surface area (TPSA) is 61.4 Å². The minimum Gasteiger partial charge on any atom is -0.393 e. The third-order valence-corrected chi connectivity index (χ3v) is 3.88. The second-order valence-corrected chi connectivity index (χ2v) is 7.00. The van der Waals surface area contributed by atoms with Crippen LogP contribution >= 0.6 is 0 Å². The van der Waals surface area contributed by atoms with Crippen LogP contribution in [0.5, 0.6) is 0 Å². The minimum absolute atomic E-state index is 0.115. The number of carbonyl (C=O) groups is 1. The average Bonchev–Trinajstić information content (AvgIpc) is 2.43. The van der Waals surface area contributed by atoms with Gasteiger partial charge in [0.2, 0.25) is 0 Å². The molecule has 0 aromatic heterocycles. The molecule has 0 spiro atoms. The third kappa shape index (κ3) is 6.48. The van der Waals surface area contributed by atoms with Crippen molar-refractivity contribution in [3.8, 4) is 0 Å². The number of aliphatic hydroxyl groups is 1. The molecule has 2 unspecified atom stereocenters. The first-order valence-electron chi connectivity index (χ1n) is 7.97. The van der Waals surface area contributed by atoms with Gasteiger partial charge in [-0.15, -0.1) is 0 Å². The van der Waals surface area contributed by atoms with Gasteiger partial charge in [0, 0.05) is 18.5 Å². The molecule has 4 nitrogen and oxygen atoms in total. The number of aryl methyl sites for hydroxylation is 1. The number of carbonyl (C=O) groups excluding carboxylic acids is 1. The quantitative estimate of drug-likeness (QED) is 0.725. The second kappa shape index (κ2) is 8.18. The summed E-state index contributed by atoms with van der Waals surface area (Å²) in [5.74, 6) is 0.260. The van der Waals surface area contributed by atoms with E-state index in [1.807, 2.05) is 6.92 Å². The lowest BCUT2D eigenvalue weighted by molar-refractivity contribution is 0.163. The van der Waals surface area contributed by atoms with Crippen LogP contribution in [-0.2, 0) is 5.41 Å². The number of aliphatic hydroxyl groups excluding tert-OH is 1. The van der Waals surface area contributed by atoms with Gasteiger partial charge in [0.05, 0.1) is 6.10 Å². The van der Waals surface area contributed by atoms with Crippen molar-refractivity contribution in [2.75, 3.05) is 13.1 Å². The molecule has 2 atom stereocenters. The predicted octanol–water partition coefficient (Wildman–Crippen LogP) is 2.98. The van der Waals surface area contributed by atoms with Gasteiger partial charge in [0.25, 0.3) is 0 Å². The van der Waals surface area contributed by atoms with E-state index in [1.54, 1.807) is 6.92 Å². The Morgan fingerprint density at radius 3 is 2.32 bits per heavy atom. The van der Waals surface area contributed by atoms with Crippen LogP contribution in [0.3, 0.4) is 0 Å². The van der Waals surface area contributed by atoms with Crippen molar-refractivity contribution in [3.63, 3.8) is 0 Å². The Hall–Kier alpha value is -1.55. The number of amides is 2. The molecule has 0 radical (unpaired) electrons. The molecule has 2 amide bonds. The zero-order chi connectivity index (χ0) is 16.8. The van der Waals surface area contributed by atoms with Crippen molar-refractivity contribution in [2.45, 2.75) is 52.6 Å². The van der Waals surface area contributed by atoms with E-state index < -0.39 is 0 Å². The van der Waals surface area contributed by atoms with Gasteiger partial charge in [0.15, 0.2) is 0 Å². The fraction of sp³-hybridized carbons (Fsp3) is 0.611. The predicted molar refractivity (Wildman–Crippen MR) is 91.1 cm³/mol. The van der Waals surface area contributed by atoms with E-state index in [0.29, 0.717) is 19.5 Å². The SMILES string of the molecule is Cc1ccc(C(C)(C)CNC(=O)NCC(C)CC(C)O)cc1. The number of hydrogen-bond acceptors (Lipinski definition) is 2. The Labute approximate surface area is 134 Å². The van der Waals surface area contributed by atoms with Gasteiger partial charge in [-0.2, -0.15) is 0 Å². The van der Waals surface area contributed by atoms with E-state index in [9.17, 15) is 9.90 Å². The van der Waals surface area contributed by atoms with Gasteiger partial charge in [0.1, 0.15) is 0 Å². The van der Waals surface area contributed by atoms with Gasteiger partial charge in [-0.05, 0) is 31.7 Å². The van der Waals surface area contributed by atoms with E-state index in [1.165, 1.54) is 11.1 Å². The van der Waals surface area contributed by atoms with Crippen LogP contribution in [-0.4, -0.2) is 30.3 Å². The zero-order valence-corrected chi connectivity index (χ0v) is 14.4. The van der Waals surface area contributed by atoms with Crippen LogP contribution in [0.2, 0.25) is 0 Å². The summed E-state index contributed by atoms with van der Waals surface area (Å²) in [6.07, 6.45) is 0.357. The first-order chi connectivity index (χ1) is 10.2. The largest absolute Gasteiger partial charge is 0.393 e. The minimum atomic E-state index is -0.333. The lowest BCUT2D eigenvalue weighted by atomic mass is 9.84. The van der Waals surface area contributed by atoms with Crippen molar-refractivity contribution < 1.29 is 9.90 Å². The lowest BCUT2D eigenvalue weighted by Gasteiger charge is -2.26. The number of rotatable bonds is 7. The van der Waals surface area contributed by atoms with Crippen molar-refractivity contribution in [2.24, 2.45) is 5.92 Å². The van der Waals surface area contributed by atoms with E-state index in [0.717, 1.165) is 0 Å². The highest BCUT2D eigenvalue weighted by atomic mass is 16.3. The Kier molecular flexibility index (Phi) is 6.88. The van der Waals surface area contributed by atoms with Crippen LogP contribution in [0, 0.1) is 12.8 Å². The maximum atomic E-state index is 11.9. The first kappa shape index (κ1) is 18.5. The molecular formula is C18H30N2O2. The zero-order valence-electron chi connectivity index (χ0n) is 14.4. The van der Waals surface area contributed by atoms with Crippen molar-refractivity contribution in [1.29, 1.82) is 0 Å². The fourth-order valence-corrected chi connectivity index (χ4v) is 2.40. The van der Waals surface area contributed by atoms with E-state index >= 15 is 0 Å². The molecule has 0 bridgehead atoms. The first-order valence-corrected chi connectivity index (χ1v) is 7.97. The van der Waals surface area contributed by atoms with Gasteiger partial charge >= 0.3 is 6.03 Å². The molecule has 0 aliphatic heterocycles. The Morgan fingerprint density at radius 2 is 1.77 bits per heavy atom. The van der Waals surface area contributed by atoms with Crippen molar-refractivity contribution >= 4 is 6.03 Å². The molecule has 124 valence electrons. The molecule has 1 aromatic rings. The van der Waals surface area contributed by atoms with Gasteiger partial charge < -0.3 is 15.7 Å².